The van der Waals surface area contributed by atoms with E-state index in [-0.39, 0.29) is 0 Å². The van der Waals surface area contributed by atoms with Crippen LogP contribution in [0, 0.1) is 0 Å². The monoisotopic (exact) mass is 354 g/mol. The highest BCUT2D eigenvalue weighted by molar-refractivity contribution is 9.10. The Morgan fingerprint density at radius 1 is 1.12 bits per heavy atom. The van der Waals surface area contributed by atoms with E-state index in [0.717, 1.165) is 16.8 Å². The van der Waals surface area contributed by atoms with Crippen molar-refractivity contribution in [2.45, 2.75) is 43.1 Å². The molecule has 0 bridgehead atoms. The average molecular weight is 356 g/mol. The lowest BCUT2D eigenvalue weighted by molar-refractivity contribution is 0.516. The summed E-state index contributed by atoms with van der Waals surface area (Å²) >= 11 is 17.1. The van der Waals surface area contributed by atoms with Crippen molar-refractivity contribution in [1.29, 1.82) is 0 Å². The van der Waals surface area contributed by atoms with Crippen molar-refractivity contribution < 1.29 is 0 Å². The predicted molar refractivity (Wildman–Crippen MR) is 77.9 cm³/mol. The molecule has 1 aromatic heterocycles. The standard InChI is InChI=1S/C11H13BrCl2N2S/c12-9-10(13)15-8(16-11(9)14)6-17-7-4-2-1-3-5-7/h7H,1-6H2. The summed E-state index contributed by atoms with van der Waals surface area (Å²) in [5.74, 6) is 1.51. The molecule has 0 atom stereocenters. The van der Waals surface area contributed by atoms with E-state index in [4.69, 9.17) is 23.2 Å². The number of rotatable bonds is 3. The number of nitrogens with zero attached hydrogens (tertiary/aromatic N) is 2. The molecule has 6 heteroatoms. The first-order valence-corrected chi connectivity index (χ1v) is 8.25. The summed E-state index contributed by atoms with van der Waals surface area (Å²) in [7, 11) is 0. The van der Waals surface area contributed by atoms with Crippen LogP contribution in [-0.2, 0) is 5.75 Å². The minimum Gasteiger partial charge on any atom is -0.219 e. The Morgan fingerprint density at radius 3 is 2.29 bits per heavy atom. The lowest BCUT2D eigenvalue weighted by Gasteiger charge is -2.20. The van der Waals surface area contributed by atoms with E-state index in [1.807, 2.05) is 11.8 Å². The maximum Gasteiger partial charge on any atom is 0.148 e. The van der Waals surface area contributed by atoms with Gasteiger partial charge in [0.15, 0.2) is 0 Å². The van der Waals surface area contributed by atoms with Crippen molar-refractivity contribution in [2.75, 3.05) is 0 Å². The fourth-order valence-corrected chi connectivity index (χ4v) is 3.70. The Labute approximate surface area is 124 Å². The van der Waals surface area contributed by atoms with Gasteiger partial charge in [0.25, 0.3) is 0 Å². The fourth-order valence-electron chi connectivity index (χ4n) is 1.92. The first kappa shape index (κ1) is 13.9. The topological polar surface area (TPSA) is 25.8 Å². The highest BCUT2D eigenvalue weighted by Crippen LogP contribution is 2.32. The second-order valence-electron chi connectivity index (χ2n) is 4.11. The molecule has 2 rings (SSSR count). The Bertz CT molecular complexity index is 374. The molecule has 0 aliphatic heterocycles. The van der Waals surface area contributed by atoms with Crippen molar-refractivity contribution in [1.82, 2.24) is 9.97 Å². The lowest BCUT2D eigenvalue weighted by atomic mass is 10.0. The van der Waals surface area contributed by atoms with E-state index in [1.165, 1.54) is 32.1 Å². The molecule has 94 valence electrons. The Balaban J connectivity index is 1.94. The molecule has 1 heterocycles. The van der Waals surface area contributed by atoms with Crippen LogP contribution in [0.1, 0.15) is 37.9 Å². The second kappa shape index (κ2) is 6.60. The molecule has 0 saturated heterocycles. The van der Waals surface area contributed by atoms with Gasteiger partial charge >= 0.3 is 0 Å². The van der Waals surface area contributed by atoms with Crippen molar-refractivity contribution >= 4 is 50.9 Å². The van der Waals surface area contributed by atoms with E-state index >= 15 is 0 Å². The molecule has 1 aliphatic carbocycles. The quantitative estimate of drug-likeness (QED) is 0.704. The van der Waals surface area contributed by atoms with E-state index in [1.54, 1.807) is 0 Å². The van der Waals surface area contributed by atoms with Gasteiger partial charge < -0.3 is 0 Å². The van der Waals surface area contributed by atoms with Crippen LogP contribution >= 0.6 is 50.9 Å². The number of thioether (sulfide) groups is 1. The van der Waals surface area contributed by atoms with Crippen LogP contribution in [0.4, 0.5) is 0 Å². The van der Waals surface area contributed by atoms with Gasteiger partial charge in [-0.1, -0.05) is 42.5 Å². The molecule has 0 spiro atoms. The number of halogens is 3. The van der Waals surface area contributed by atoms with E-state index in [0.29, 0.717) is 14.8 Å². The molecule has 0 amide bonds. The molecule has 1 aromatic rings. The molecular formula is C11H13BrCl2N2S. The largest absolute Gasteiger partial charge is 0.219 e. The van der Waals surface area contributed by atoms with Gasteiger partial charge in [-0.15, -0.1) is 0 Å². The predicted octanol–water partition coefficient (Wildman–Crippen LogP) is 5.11. The Hall–Kier alpha value is 0.490. The molecular weight excluding hydrogens is 343 g/mol. The number of aromatic nitrogens is 2. The number of hydrogen-bond acceptors (Lipinski definition) is 3. The van der Waals surface area contributed by atoms with Crippen molar-refractivity contribution in [3.8, 4) is 0 Å². The zero-order valence-corrected chi connectivity index (χ0v) is 13.2. The van der Waals surface area contributed by atoms with Gasteiger partial charge in [0.2, 0.25) is 0 Å². The van der Waals surface area contributed by atoms with E-state index in [2.05, 4.69) is 25.9 Å². The normalized spacial score (nSPS) is 17.4. The van der Waals surface area contributed by atoms with Gasteiger partial charge in [-0.2, -0.15) is 11.8 Å². The molecule has 1 fully saturated rings. The summed E-state index contributed by atoms with van der Waals surface area (Å²) in [4.78, 5) is 8.44. The summed E-state index contributed by atoms with van der Waals surface area (Å²) in [5, 5.41) is 1.53. The Kier molecular flexibility index (Phi) is 5.40. The third-order valence-corrected chi connectivity index (χ3v) is 5.94. The minimum absolute atomic E-state index is 0.393. The molecule has 0 aromatic carbocycles. The molecule has 1 saturated carbocycles. The van der Waals surface area contributed by atoms with Crippen LogP contribution in [0.2, 0.25) is 10.3 Å². The highest BCUT2D eigenvalue weighted by Gasteiger charge is 2.15. The van der Waals surface area contributed by atoms with Crippen molar-refractivity contribution in [3.63, 3.8) is 0 Å². The molecule has 1 aliphatic rings. The van der Waals surface area contributed by atoms with Gasteiger partial charge in [-0.25, -0.2) is 9.97 Å². The molecule has 0 radical (unpaired) electrons. The minimum atomic E-state index is 0.393. The maximum atomic E-state index is 5.95. The van der Waals surface area contributed by atoms with Gasteiger partial charge in [0, 0.05) is 5.25 Å². The summed E-state index contributed by atoms with van der Waals surface area (Å²) in [5.41, 5.74) is 0. The summed E-state index contributed by atoms with van der Waals surface area (Å²) < 4.78 is 0.576. The molecule has 2 nitrogen and oxygen atoms in total. The summed E-state index contributed by atoms with van der Waals surface area (Å²) in [6.07, 6.45) is 6.69. The average Bonchev–Trinajstić information content (AvgIpc) is 2.34. The Morgan fingerprint density at radius 2 is 1.71 bits per heavy atom. The van der Waals surface area contributed by atoms with E-state index in [9.17, 15) is 0 Å². The van der Waals surface area contributed by atoms with Crippen molar-refractivity contribution in [3.05, 3.63) is 20.6 Å². The SMILES string of the molecule is Clc1nc(CSC2CCCCC2)nc(Cl)c1Br. The zero-order valence-electron chi connectivity index (χ0n) is 9.26. The molecule has 0 unspecified atom stereocenters. The first-order chi connectivity index (χ1) is 8.16. The number of hydrogen-bond donors (Lipinski definition) is 0. The second-order valence-corrected chi connectivity index (χ2v) is 6.90. The van der Waals surface area contributed by atoms with Crippen LogP contribution in [0.15, 0.2) is 4.47 Å². The van der Waals surface area contributed by atoms with Gasteiger partial charge in [0.05, 0.1) is 10.2 Å². The molecule has 0 N–H and O–H groups in total. The zero-order chi connectivity index (χ0) is 12.3. The van der Waals surface area contributed by atoms with Gasteiger partial charge in [0.1, 0.15) is 16.1 Å². The maximum absolute atomic E-state index is 5.95. The van der Waals surface area contributed by atoms with Crippen LogP contribution in [0.25, 0.3) is 0 Å². The fraction of sp³-hybridized carbons (Fsp3) is 0.636. The highest BCUT2D eigenvalue weighted by atomic mass is 79.9. The van der Waals surface area contributed by atoms with Crippen LogP contribution in [0.3, 0.4) is 0 Å². The van der Waals surface area contributed by atoms with E-state index < -0.39 is 0 Å². The van der Waals surface area contributed by atoms with Crippen LogP contribution in [-0.4, -0.2) is 15.2 Å². The van der Waals surface area contributed by atoms with Crippen LogP contribution < -0.4 is 0 Å². The first-order valence-electron chi connectivity index (χ1n) is 5.66. The third kappa shape index (κ3) is 3.98. The smallest absolute Gasteiger partial charge is 0.148 e. The van der Waals surface area contributed by atoms with Gasteiger partial charge in [-0.05, 0) is 28.8 Å². The summed E-state index contributed by atoms with van der Waals surface area (Å²) in [6.45, 7) is 0. The lowest BCUT2D eigenvalue weighted by Crippen LogP contribution is -2.09. The molecule has 17 heavy (non-hydrogen) atoms. The third-order valence-electron chi connectivity index (χ3n) is 2.82. The van der Waals surface area contributed by atoms with Gasteiger partial charge in [-0.3, -0.25) is 0 Å². The van der Waals surface area contributed by atoms with Crippen molar-refractivity contribution in [2.24, 2.45) is 0 Å². The van der Waals surface area contributed by atoms with Crippen LogP contribution in [0.5, 0.6) is 0 Å². The summed E-state index contributed by atoms with van der Waals surface area (Å²) in [6, 6.07) is 0.